The summed E-state index contributed by atoms with van der Waals surface area (Å²) in [4.78, 5) is 12.1. The van der Waals surface area contributed by atoms with Crippen molar-refractivity contribution < 1.29 is 45.1 Å². The first-order chi connectivity index (χ1) is 13.9. The molecule has 5 nitrogen and oxygen atoms in total. The minimum Gasteiger partial charge on any atom is -0.463 e. The Morgan fingerprint density at radius 1 is 0.867 bits per heavy atom. The molecule has 2 atom stereocenters. The summed E-state index contributed by atoms with van der Waals surface area (Å²) in [6, 6.07) is 7.20. The molecule has 0 saturated carbocycles. The lowest BCUT2D eigenvalue weighted by molar-refractivity contribution is -0.151. The second kappa shape index (κ2) is 9.47. The summed E-state index contributed by atoms with van der Waals surface area (Å²) in [6.45, 7) is 4.42. The van der Waals surface area contributed by atoms with Gasteiger partial charge in [-0.1, -0.05) is 25.1 Å². The fourth-order valence-electron chi connectivity index (χ4n) is 2.30. The predicted molar refractivity (Wildman–Crippen MR) is 96.8 cm³/mol. The second-order valence-corrected chi connectivity index (χ2v) is 8.53. The van der Waals surface area contributed by atoms with Crippen molar-refractivity contribution in [1.29, 1.82) is 0 Å². The Bertz CT molecular complexity index is 939. The van der Waals surface area contributed by atoms with Crippen molar-refractivity contribution in [3.05, 3.63) is 59.4 Å². The van der Waals surface area contributed by atoms with E-state index < -0.39 is 66.6 Å². The Morgan fingerprint density at radius 3 is 1.87 bits per heavy atom. The van der Waals surface area contributed by atoms with Gasteiger partial charge in [0.2, 0.25) is 34.8 Å². The standard InChI is InChI=1S/C19H18F5O5P/c1-10(2)27-19(25)11(3)9-30(26,28-12-7-5-4-6-8-12)29-18-16(23)14(21)13(20)15(22)17(18)24/h4-8,10-11H,9H2,1-3H3/t11-,30+/m1/s1. The number of ether oxygens (including phenoxy) is 1. The maximum atomic E-state index is 14.0. The second-order valence-electron chi connectivity index (χ2n) is 6.57. The third-order valence-corrected chi connectivity index (χ3v) is 5.58. The van der Waals surface area contributed by atoms with Crippen LogP contribution in [0.2, 0.25) is 0 Å². The normalized spacial score (nSPS) is 14.2. The Kier molecular flexibility index (Phi) is 7.47. The molecule has 0 aliphatic heterocycles. The molecule has 0 radical (unpaired) electrons. The van der Waals surface area contributed by atoms with Gasteiger partial charge in [-0.15, -0.1) is 0 Å². The molecular weight excluding hydrogens is 434 g/mol. The monoisotopic (exact) mass is 452 g/mol. The Hall–Kier alpha value is -2.61. The average Bonchev–Trinajstić information content (AvgIpc) is 2.68. The van der Waals surface area contributed by atoms with Crippen LogP contribution < -0.4 is 9.05 Å². The van der Waals surface area contributed by atoms with E-state index in [1.54, 1.807) is 19.9 Å². The average molecular weight is 452 g/mol. The topological polar surface area (TPSA) is 61.8 Å². The highest BCUT2D eigenvalue weighted by atomic mass is 31.2. The Morgan fingerprint density at radius 2 is 1.37 bits per heavy atom. The first-order valence-corrected chi connectivity index (χ1v) is 10.4. The van der Waals surface area contributed by atoms with Gasteiger partial charge < -0.3 is 13.8 Å². The van der Waals surface area contributed by atoms with Gasteiger partial charge >= 0.3 is 13.6 Å². The van der Waals surface area contributed by atoms with Gasteiger partial charge in [0.15, 0.2) is 0 Å². The summed E-state index contributed by atoms with van der Waals surface area (Å²) in [5, 5.41) is 0. The molecule has 0 N–H and O–H groups in total. The Labute approximate surface area is 169 Å². The number of hydrogen-bond acceptors (Lipinski definition) is 5. The maximum absolute atomic E-state index is 14.0. The van der Waals surface area contributed by atoms with Crippen molar-refractivity contribution >= 4 is 13.6 Å². The third-order valence-electron chi connectivity index (χ3n) is 3.64. The zero-order valence-corrected chi connectivity index (χ0v) is 17.0. The number of carbonyl (C=O) groups excluding carboxylic acids is 1. The summed E-state index contributed by atoms with van der Waals surface area (Å²) in [7, 11) is -4.66. The van der Waals surface area contributed by atoms with Gasteiger partial charge in [0.05, 0.1) is 18.2 Å². The number of carbonyl (C=O) groups is 1. The molecule has 0 aliphatic rings. The van der Waals surface area contributed by atoms with Crippen LogP contribution in [0.3, 0.4) is 0 Å². The van der Waals surface area contributed by atoms with Crippen LogP contribution in [0.1, 0.15) is 20.8 Å². The van der Waals surface area contributed by atoms with Crippen molar-refractivity contribution in [1.82, 2.24) is 0 Å². The van der Waals surface area contributed by atoms with Gasteiger partial charge in [-0.3, -0.25) is 4.79 Å². The van der Waals surface area contributed by atoms with Crippen LogP contribution in [-0.4, -0.2) is 18.2 Å². The molecule has 0 spiro atoms. The van der Waals surface area contributed by atoms with E-state index in [4.69, 9.17) is 13.8 Å². The SMILES string of the molecule is CC(C)OC(=O)[C@H](C)C[P@](=O)(Oc1ccccc1)Oc1c(F)c(F)c(F)c(F)c1F. The number of halogens is 5. The fraction of sp³-hybridized carbons (Fsp3) is 0.316. The lowest BCUT2D eigenvalue weighted by Gasteiger charge is -2.23. The highest BCUT2D eigenvalue weighted by molar-refractivity contribution is 7.54. The molecule has 0 bridgehead atoms. The number of esters is 1. The van der Waals surface area contributed by atoms with Crippen molar-refractivity contribution in [3.63, 3.8) is 0 Å². The van der Waals surface area contributed by atoms with E-state index in [0.29, 0.717) is 0 Å². The van der Waals surface area contributed by atoms with Crippen LogP contribution >= 0.6 is 7.60 Å². The van der Waals surface area contributed by atoms with Gasteiger partial charge in [0.1, 0.15) is 5.75 Å². The number of hydrogen-bond donors (Lipinski definition) is 0. The molecular formula is C19H18F5O5P. The minimum absolute atomic E-state index is 0.0749. The lowest BCUT2D eigenvalue weighted by Crippen LogP contribution is -2.24. The smallest absolute Gasteiger partial charge is 0.431 e. The number of rotatable bonds is 8. The number of para-hydroxylation sites is 1. The van der Waals surface area contributed by atoms with Crippen molar-refractivity contribution in [2.24, 2.45) is 5.92 Å². The summed E-state index contributed by atoms with van der Waals surface area (Å²) >= 11 is 0. The molecule has 0 saturated heterocycles. The summed E-state index contributed by atoms with van der Waals surface area (Å²) in [5.41, 5.74) is 0. The highest BCUT2D eigenvalue weighted by Gasteiger charge is 2.38. The van der Waals surface area contributed by atoms with Crippen LogP contribution in [0.4, 0.5) is 22.0 Å². The zero-order valence-electron chi connectivity index (χ0n) is 16.1. The van der Waals surface area contributed by atoms with Crippen LogP contribution in [0.15, 0.2) is 30.3 Å². The molecule has 2 aromatic carbocycles. The molecule has 2 rings (SSSR count). The van der Waals surface area contributed by atoms with E-state index in [0.717, 1.165) is 0 Å². The van der Waals surface area contributed by atoms with Crippen LogP contribution in [-0.2, 0) is 14.1 Å². The van der Waals surface area contributed by atoms with Crippen molar-refractivity contribution in [3.8, 4) is 11.5 Å². The largest absolute Gasteiger partial charge is 0.463 e. The molecule has 0 fully saturated rings. The zero-order chi connectivity index (χ0) is 22.6. The molecule has 0 unspecified atom stereocenters. The summed E-state index contributed by atoms with van der Waals surface area (Å²) in [6.07, 6.45) is -1.27. The number of benzene rings is 2. The van der Waals surface area contributed by atoms with Gasteiger partial charge in [-0.25, -0.2) is 17.7 Å². The van der Waals surface area contributed by atoms with Crippen molar-refractivity contribution in [2.75, 3.05) is 6.16 Å². The highest BCUT2D eigenvalue weighted by Crippen LogP contribution is 2.51. The molecule has 0 aromatic heterocycles. The van der Waals surface area contributed by atoms with Crippen molar-refractivity contribution in [2.45, 2.75) is 26.9 Å². The van der Waals surface area contributed by atoms with E-state index in [1.807, 2.05) is 0 Å². The van der Waals surface area contributed by atoms with E-state index in [-0.39, 0.29) is 5.75 Å². The first kappa shape index (κ1) is 23.7. The predicted octanol–water partition coefficient (Wildman–Crippen LogP) is 5.62. The quantitative estimate of drug-likeness (QED) is 0.171. The summed E-state index contributed by atoms with van der Waals surface area (Å²) < 4.78 is 96.5. The van der Waals surface area contributed by atoms with E-state index in [2.05, 4.69) is 0 Å². The Balaban J connectivity index is 2.45. The molecule has 0 heterocycles. The molecule has 0 aliphatic carbocycles. The fourth-order valence-corrected chi connectivity index (χ4v) is 4.19. The van der Waals surface area contributed by atoms with Gasteiger partial charge in [0.25, 0.3) is 0 Å². The van der Waals surface area contributed by atoms with E-state index in [9.17, 15) is 31.3 Å². The van der Waals surface area contributed by atoms with Gasteiger partial charge in [0, 0.05) is 0 Å². The van der Waals surface area contributed by atoms with Crippen LogP contribution in [0.25, 0.3) is 0 Å². The third kappa shape index (κ3) is 5.50. The molecule has 30 heavy (non-hydrogen) atoms. The van der Waals surface area contributed by atoms with Gasteiger partial charge in [-0.2, -0.15) is 8.78 Å². The maximum Gasteiger partial charge on any atom is 0.431 e. The van der Waals surface area contributed by atoms with Gasteiger partial charge in [-0.05, 0) is 26.0 Å². The summed E-state index contributed by atoms with van der Waals surface area (Å²) in [5.74, 6) is -15.4. The molecule has 2 aromatic rings. The van der Waals surface area contributed by atoms with E-state index in [1.165, 1.54) is 31.2 Å². The molecule has 0 amide bonds. The molecule has 11 heteroatoms. The van der Waals surface area contributed by atoms with Crippen LogP contribution in [0.5, 0.6) is 11.5 Å². The minimum atomic E-state index is -4.66. The molecule has 164 valence electrons. The van der Waals surface area contributed by atoms with E-state index >= 15 is 0 Å². The lowest BCUT2D eigenvalue weighted by atomic mass is 10.2. The first-order valence-electron chi connectivity index (χ1n) is 8.70. The van der Waals surface area contributed by atoms with Crippen LogP contribution in [0, 0.1) is 35.0 Å².